The van der Waals surface area contributed by atoms with Crippen LogP contribution in [0.1, 0.15) is 13.8 Å². The minimum atomic E-state index is -1.94. The maximum atomic E-state index is 9.44. The summed E-state index contributed by atoms with van der Waals surface area (Å²) in [6.45, 7) is 3.06. The van der Waals surface area contributed by atoms with E-state index in [0.717, 1.165) is 0 Å². The van der Waals surface area contributed by atoms with Crippen molar-refractivity contribution in [2.75, 3.05) is 0 Å². The molecule has 0 atom stereocenters. The van der Waals surface area contributed by atoms with E-state index in [9.17, 15) is 4.79 Å². The van der Waals surface area contributed by atoms with Gasteiger partial charge in [-0.25, -0.2) is 0 Å². The molecule has 0 amide bonds. The van der Waals surface area contributed by atoms with E-state index in [2.05, 4.69) is 0 Å². The summed E-state index contributed by atoms with van der Waals surface area (Å²) < 4.78 is 0. The van der Waals surface area contributed by atoms with Crippen molar-refractivity contribution < 1.29 is 19.0 Å². The van der Waals surface area contributed by atoms with E-state index in [1.54, 1.807) is 0 Å². The van der Waals surface area contributed by atoms with E-state index in [4.69, 9.17) is 28.3 Å². The molecule has 0 unspecified atom stereocenters. The summed E-state index contributed by atoms with van der Waals surface area (Å²) in [5.41, 5.74) is 0. The van der Waals surface area contributed by atoms with E-state index in [1.807, 2.05) is 0 Å². The van der Waals surface area contributed by atoms with Crippen molar-refractivity contribution >= 4 is 34.0 Å². The van der Waals surface area contributed by atoms with Crippen LogP contribution in [0.2, 0.25) is 0 Å². The average molecular weight is 260 g/mol. The molecule has 0 heterocycles. The van der Waals surface area contributed by atoms with Crippen LogP contribution in [-0.4, -0.2) is 5.78 Å². The first-order valence-corrected chi connectivity index (χ1v) is 9.42. The molecule has 0 spiro atoms. The normalized spacial score (nSPS) is 7.75. The molecule has 1 nitrogen and oxygen atoms in total. The molecule has 0 rings (SSSR count). The van der Waals surface area contributed by atoms with E-state index >= 15 is 0 Å². The Balaban J connectivity index is 0. The molecular weight excluding hydrogens is 254 g/mol. The quantitative estimate of drug-likeness (QED) is 0.612. The van der Waals surface area contributed by atoms with Crippen molar-refractivity contribution in [2.45, 2.75) is 13.8 Å². The molecule has 0 saturated carbocycles. The zero-order valence-electron chi connectivity index (χ0n) is 4.45. The van der Waals surface area contributed by atoms with Gasteiger partial charge in [0.2, 0.25) is 0 Å². The molecule has 0 saturated heterocycles. The number of ketones is 1. The van der Waals surface area contributed by atoms with Crippen molar-refractivity contribution in [3.63, 3.8) is 0 Å². The Bertz CT molecular complexity index is 58.8. The Morgan fingerprint density at radius 3 is 1.25 bits per heavy atom. The van der Waals surface area contributed by atoms with Gasteiger partial charge in [0.25, 0.3) is 0 Å². The number of hydrogen-bond acceptors (Lipinski definition) is 1. The van der Waals surface area contributed by atoms with Gasteiger partial charge in [0.05, 0.1) is 0 Å². The summed E-state index contributed by atoms with van der Waals surface area (Å²) >= 11 is -1.94. The van der Waals surface area contributed by atoms with Crippen LogP contribution in [0.5, 0.6) is 0 Å². The summed E-state index contributed by atoms with van der Waals surface area (Å²) in [5, 5.41) is 0. The Morgan fingerprint density at radius 1 is 1.25 bits per heavy atom. The summed E-state index contributed by atoms with van der Waals surface area (Å²) in [4.78, 5) is 9.44. The van der Waals surface area contributed by atoms with E-state index in [0.29, 0.717) is 0 Å². The van der Waals surface area contributed by atoms with Crippen molar-refractivity contribution in [2.24, 2.45) is 0 Å². The molecule has 51 valence electrons. The van der Waals surface area contributed by atoms with Crippen molar-refractivity contribution in [1.29, 1.82) is 0 Å². The van der Waals surface area contributed by atoms with Gasteiger partial charge in [-0.1, -0.05) is 0 Å². The fourth-order valence-electron chi connectivity index (χ4n) is 0. The van der Waals surface area contributed by atoms with Gasteiger partial charge in [-0.15, -0.1) is 0 Å². The molecule has 0 aliphatic carbocycles. The molecule has 0 N–H and O–H groups in total. The Morgan fingerprint density at radius 2 is 1.25 bits per heavy atom. The van der Waals surface area contributed by atoms with E-state index < -0.39 is 14.2 Å². The summed E-state index contributed by atoms with van der Waals surface area (Å²) in [6, 6.07) is 0. The zero-order chi connectivity index (χ0) is 7.15. The van der Waals surface area contributed by atoms with Crippen LogP contribution in [0.4, 0.5) is 0 Å². The van der Waals surface area contributed by atoms with Crippen molar-refractivity contribution in [3.05, 3.63) is 0 Å². The number of carbonyl (C=O) groups is 1. The standard InChI is InChI=1S/C3H6O.3ClH.Mo/c1-3(2)4;;;;/h1-2H3;3*1H;/q;;;;+3/p-3. The second-order valence-corrected chi connectivity index (χ2v) is 10.2. The third-order valence-electron chi connectivity index (χ3n) is 0. The first kappa shape index (κ1) is 12.0. The fraction of sp³-hybridized carbons (Fsp3) is 0.667. The van der Waals surface area contributed by atoms with Gasteiger partial charge in [-0.05, 0) is 13.8 Å². The number of carbonyl (C=O) groups excluding carboxylic acids is 1. The number of Topliss-reactive ketones (excluding diaryl/α,β-unsaturated/α-hetero) is 1. The van der Waals surface area contributed by atoms with Gasteiger partial charge in [0, 0.05) is 0 Å². The summed E-state index contributed by atoms with van der Waals surface area (Å²) in [6.07, 6.45) is 0. The molecule has 0 aliphatic rings. The van der Waals surface area contributed by atoms with Crippen LogP contribution in [0.15, 0.2) is 0 Å². The predicted octanol–water partition coefficient (Wildman–Crippen LogP) is 2.66. The van der Waals surface area contributed by atoms with E-state index in [-0.39, 0.29) is 5.78 Å². The van der Waals surface area contributed by atoms with E-state index in [1.165, 1.54) is 13.8 Å². The third-order valence-corrected chi connectivity index (χ3v) is 0. The van der Waals surface area contributed by atoms with Crippen LogP contribution < -0.4 is 0 Å². The zero-order valence-corrected chi connectivity index (χ0v) is 8.73. The molecule has 5 heteroatoms. The van der Waals surface area contributed by atoms with Crippen molar-refractivity contribution in [1.82, 2.24) is 0 Å². The molecular formula is C3H6Cl3MoO. The molecule has 0 aromatic heterocycles. The van der Waals surface area contributed by atoms with Crippen LogP contribution in [-0.2, 0) is 19.0 Å². The van der Waals surface area contributed by atoms with Crippen LogP contribution in [0, 0.1) is 0 Å². The molecule has 0 aromatic rings. The van der Waals surface area contributed by atoms with Gasteiger partial charge in [0.15, 0.2) is 0 Å². The van der Waals surface area contributed by atoms with Gasteiger partial charge < -0.3 is 4.79 Å². The number of rotatable bonds is 0. The first-order valence-electron chi connectivity index (χ1n) is 1.67. The molecule has 8 heavy (non-hydrogen) atoms. The van der Waals surface area contributed by atoms with Crippen molar-refractivity contribution in [3.8, 4) is 0 Å². The number of halogens is 3. The van der Waals surface area contributed by atoms with Crippen LogP contribution in [0.25, 0.3) is 0 Å². The maximum absolute atomic E-state index is 9.44. The Kier molecular flexibility index (Phi) is 12.3. The second kappa shape index (κ2) is 8.23. The molecule has 0 fully saturated rings. The SMILES string of the molecule is CC(C)=O.[Cl][Mo]([Cl])[Cl]. The summed E-state index contributed by atoms with van der Waals surface area (Å²) in [5.74, 6) is 0.167. The molecule has 0 aliphatic heterocycles. The van der Waals surface area contributed by atoms with Gasteiger partial charge in [0.1, 0.15) is 5.78 Å². The monoisotopic (exact) mass is 261 g/mol. The average Bonchev–Trinajstić information content (AvgIpc) is 1.25. The van der Waals surface area contributed by atoms with Gasteiger partial charge >= 0.3 is 42.4 Å². The van der Waals surface area contributed by atoms with Gasteiger partial charge in [-0.2, -0.15) is 0 Å². The predicted molar refractivity (Wildman–Crippen MR) is 33.9 cm³/mol. The van der Waals surface area contributed by atoms with Crippen LogP contribution in [0.3, 0.4) is 0 Å². The molecule has 0 aromatic carbocycles. The Labute approximate surface area is 66.6 Å². The summed E-state index contributed by atoms with van der Waals surface area (Å²) in [7, 11) is 14.9. The van der Waals surface area contributed by atoms with Crippen LogP contribution >= 0.6 is 28.3 Å². The fourth-order valence-corrected chi connectivity index (χ4v) is 0. The Hall–Kier alpha value is 1.23. The molecule has 0 radical (unpaired) electrons. The number of hydrogen-bond donors (Lipinski definition) is 0. The molecule has 0 bridgehead atoms. The second-order valence-electron chi connectivity index (χ2n) is 1.08. The topological polar surface area (TPSA) is 17.1 Å². The third kappa shape index (κ3) is 186. The van der Waals surface area contributed by atoms with Gasteiger partial charge in [-0.3, -0.25) is 0 Å². The minimum absolute atomic E-state index is 0.167. The first-order chi connectivity index (χ1) is 3.46.